The molecule has 0 radical (unpaired) electrons. The van der Waals surface area contributed by atoms with Gasteiger partial charge >= 0.3 is 0 Å². The fourth-order valence-corrected chi connectivity index (χ4v) is 5.88. The van der Waals surface area contributed by atoms with Crippen LogP contribution in [0.15, 0.2) is 30.6 Å². The maximum Gasteiger partial charge on any atom is 0.264 e. The Morgan fingerprint density at radius 3 is 2.50 bits per heavy atom. The third-order valence-corrected chi connectivity index (χ3v) is 7.33. The number of anilines is 1. The van der Waals surface area contributed by atoms with Gasteiger partial charge in [0.15, 0.2) is 5.13 Å². The van der Waals surface area contributed by atoms with Crippen LogP contribution in [0.4, 0.5) is 5.13 Å². The fourth-order valence-electron chi connectivity index (χ4n) is 3.57. The second-order valence-corrected chi connectivity index (χ2v) is 8.64. The summed E-state index contributed by atoms with van der Waals surface area (Å²) >= 11 is 3.22. The van der Waals surface area contributed by atoms with Crippen LogP contribution in [0.25, 0.3) is 9.53 Å². The first-order valence-corrected chi connectivity index (χ1v) is 10.9. The monoisotopic (exact) mass is 388 g/mol. The molecule has 1 aliphatic heterocycles. The van der Waals surface area contributed by atoms with E-state index in [4.69, 9.17) is 4.98 Å². The first-order valence-electron chi connectivity index (χ1n) is 9.26. The molecule has 0 spiro atoms. The third-order valence-electron chi connectivity index (χ3n) is 5.12. The Kier molecular flexibility index (Phi) is 5.00. The van der Waals surface area contributed by atoms with Crippen LogP contribution >= 0.6 is 22.7 Å². The Hall–Kier alpha value is -1.86. The molecule has 1 amide bonds. The second kappa shape index (κ2) is 7.40. The van der Waals surface area contributed by atoms with Crippen LogP contribution in [0.2, 0.25) is 0 Å². The molecule has 4 heterocycles. The SMILES string of the molecule is CCN(CC)c1nc2sc(C(=O)N3CCC(n4cccc4)CC3)cc2s1. The van der Waals surface area contributed by atoms with Crippen LogP contribution in [0.3, 0.4) is 0 Å². The number of nitrogens with zero attached hydrogens (tertiary/aromatic N) is 4. The molecule has 0 unspecified atom stereocenters. The predicted octanol–water partition coefficient (Wildman–Crippen LogP) is 4.48. The molecule has 0 aromatic carbocycles. The zero-order valence-corrected chi connectivity index (χ0v) is 16.9. The summed E-state index contributed by atoms with van der Waals surface area (Å²) in [5.41, 5.74) is 0. The lowest BCUT2D eigenvalue weighted by Crippen LogP contribution is -2.38. The van der Waals surface area contributed by atoms with Crippen LogP contribution in [-0.4, -0.2) is 46.5 Å². The number of thiazole rings is 1. The highest BCUT2D eigenvalue weighted by Crippen LogP contribution is 2.35. The van der Waals surface area contributed by atoms with Gasteiger partial charge in [-0.25, -0.2) is 4.98 Å². The van der Waals surface area contributed by atoms with Crippen molar-refractivity contribution in [1.82, 2.24) is 14.5 Å². The Morgan fingerprint density at radius 2 is 1.88 bits per heavy atom. The normalized spacial score (nSPS) is 15.7. The van der Waals surface area contributed by atoms with Gasteiger partial charge in [0.2, 0.25) is 0 Å². The smallest absolute Gasteiger partial charge is 0.264 e. The van der Waals surface area contributed by atoms with E-state index in [2.05, 4.69) is 47.8 Å². The zero-order chi connectivity index (χ0) is 18.1. The minimum atomic E-state index is 0.163. The lowest BCUT2D eigenvalue weighted by atomic mass is 10.0. The molecule has 26 heavy (non-hydrogen) atoms. The summed E-state index contributed by atoms with van der Waals surface area (Å²) < 4.78 is 3.39. The minimum absolute atomic E-state index is 0.163. The minimum Gasteiger partial charge on any atom is -0.351 e. The zero-order valence-electron chi connectivity index (χ0n) is 15.2. The van der Waals surface area contributed by atoms with Gasteiger partial charge in [-0.15, -0.1) is 11.3 Å². The molecular formula is C19H24N4OS2. The van der Waals surface area contributed by atoms with Gasteiger partial charge in [0.05, 0.1) is 9.58 Å². The number of thiophene rings is 1. The molecule has 0 atom stereocenters. The number of fused-ring (bicyclic) bond motifs is 1. The average Bonchev–Trinajstić information content (AvgIpc) is 3.39. The number of rotatable bonds is 5. The van der Waals surface area contributed by atoms with Crippen LogP contribution < -0.4 is 4.90 Å². The van der Waals surface area contributed by atoms with Gasteiger partial charge < -0.3 is 14.4 Å². The van der Waals surface area contributed by atoms with Gasteiger partial charge in [-0.05, 0) is 44.9 Å². The van der Waals surface area contributed by atoms with Gasteiger partial charge in [0.1, 0.15) is 4.83 Å². The highest BCUT2D eigenvalue weighted by Gasteiger charge is 2.26. The number of carbonyl (C=O) groups excluding carboxylic acids is 1. The van der Waals surface area contributed by atoms with Crippen molar-refractivity contribution in [2.24, 2.45) is 0 Å². The summed E-state index contributed by atoms with van der Waals surface area (Å²) in [5.74, 6) is 0.163. The Bertz CT molecular complexity index is 839. The van der Waals surface area contributed by atoms with Gasteiger partial charge in [-0.3, -0.25) is 4.79 Å². The van der Waals surface area contributed by atoms with Crippen molar-refractivity contribution in [2.75, 3.05) is 31.1 Å². The molecule has 4 rings (SSSR count). The molecular weight excluding hydrogens is 364 g/mol. The standard InChI is InChI=1S/C19H24N4OS2/c1-3-21(4-2)19-20-17-15(26-19)13-16(25-17)18(24)23-11-7-14(8-12-23)22-9-5-6-10-22/h5-6,9-10,13-14H,3-4,7-8,11-12H2,1-2H3. The van der Waals surface area contributed by atoms with E-state index in [1.54, 1.807) is 11.3 Å². The third kappa shape index (κ3) is 3.25. The molecule has 1 fully saturated rings. The molecule has 3 aromatic rings. The van der Waals surface area contributed by atoms with Crippen LogP contribution in [0.5, 0.6) is 0 Å². The predicted molar refractivity (Wildman–Crippen MR) is 110 cm³/mol. The fraction of sp³-hybridized carbons (Fsp3) is 0.474. The van der Waals surface area contributed by atoms with Crippen molar-refractivity contribution in [2.45, 2.75) is 32.7 Å². The number of hydrogen-bond acceptors (Lipinski definition) is 5. The number of likely N-dealkylation sites (tertiary alicyclic amines) is 1. The van der Waals surface area contributed by atoms with Crippen molar-refractivity contribution in [3.05, 3.63) is 35.5 Å². The summed E-state index contributed by atoms with van der Waals surface area (Å²) in [6, 6.07) is 6.68. The maximum atomic E-state index is 12.9. The average molecular weight is 389 g/mol. The lowest BCUT2D eigenvalue weighted by molar-refractivity contribution is 0.0699. The highest BCUT2D eigenvalue weighted by molar-refractivity contribution is 7.29. The summed E-state index contributed by atoms with van der Waals surface area (Å²) in [4.78, 5) is 23.7. The molecule has 0 aliphatic carbocycles. The summed E-state index contributed by atoms with van der Waals surface area (Å²) in [5, 5.41) is 1.06. The number of hydrogen-bond donors (Lipinski definition) is 0. The highest BCUT2D eigenvalue weighted by atomic mass is 32.1. The molecule has 7 heteroatoms. The number of amides is 1. The number of carbonyl (C=O) groups is 1. The van der Waals surface area contributed by atoms with E-state index in [9.17, 15) is 4.79 Å². The van der Waals surface area contributed by atoms with E-state index in [0.717, 1.165) is 58.6 Å². The van der Waals surface area contributed by atoms with Gasteiger partial charge in [-0.1, -0.05) is 11.3 Å². The molecule has 1 saturated heterocycles. The van der Waals surface area contributed by atoms with Crippen molar-refractivity contribution in [1.29, 1.82) is 0 Å². The van der Waals surface area contributed by atoms with Crippen LogP contribution in [0.1, 0.15) is 42.4 Å². The number of piperidine rings is 1. The Morgan fingerprint density at radius 1 is 1.19 bits per heavy atom. The molecule has 5 nitrogen and oxygen atoms in total. The van der Waals surface area contributed by atoms with Gasteiger partial charge in [-0.2, -0.15) is 0 Å². The first kappa shape index (κ1) is 17.5. The van der Waals surface area contributed by atoms with E-state index >= 15 is 0 Å². The molecule has 0 saturated carbocycles. The van der Waals surface area contributed by atoms with Crippen molar-refractivity contribution < 1.29 is 4.79 Å². The molecule has 1 aliphatic rings. The Labute approximate surface area is 161 Å². The Balaban J connectivity index is 1.44. The largest absolute Gasteiger partial charge is 0.351 e. The maximum absolute atomic E-state index is 12.9. The summed E-state index contributed by atoms with van der Waals surface area (Å²) in [6.45, 7) is 7.85. The van der Waals surface area contributed by atoms with E-state index in [1.165, 1.54) is 11.3 Å². The summed E-state index contributed by atoms with van der Waals surface area (Å²) in [6.07, 6.45) is 6.28. The molecule has 0 bridgehead atoms. The van der Waals surface area contributed by atoms with Crippen molar-refractivity contribution in [3.63, 3.8) is 0 Å². The molecule has 0 N–H and O–H groups in total. The molecule has 138 valence electrons. The van der Waals surface area contributed by atoms with E-state index in [1.807, 2.05) is 11.0 Å². The second-order valence-electron chi connectivity index (χ2n) is 6.60. The van der Waals surface area contributed by atoms with E-state index in [0.29, 0.717) is 6.04 Å². The topological polar surface area (TPSA) is 41.4 Å². The van der Waals surface area contributed by atoms with E-state index < -0.39 is 0 Å². The summed E-state index contributed by atoms with van der Waals surface area (Å²) in [7, 11) is 0. The van der Waals surface area contributed by atoms with Gasteiger partial charge in [0.25, 0.3) is 5.91 Å². The van der Waals surface area contributed by atoms with Crippen LogP contribution in [0, 0.1) is 0 Å². The van der Waals surface area contributed by atoms with E-state index in [-0.39, 0.29) is 5.91 Å². The first-order chi connectivity index (χ1) is 12.7. The van der Waals surface area contributed by atoms with Gasteiger partial charge in [0, 0.05) is 44.6 Å². The number of aromatic nitrogens is 2. The van der Waals surface area contributed by atoms with Crippen molar-refractivity contribution >= 4 is 43.2 Å². The van der Waals surface area contributed by atoms with Crippen molar-refractivity contribution in [3.8, 4) is 0 Å². The molecule has 3 aromatic heterocycles. The van der Waals surface area contributed by atoms with Crippen LogP contribution in [-0.2, 0) is 0 Å². The lowest BCUT2D eigenvalue weighted by Gasteiger charge is -2.32. The quantitative estimate of drug-likeness (QED) is 0.647.